The SMILES string of the molecule is CC(C)C(NC(=O)c1ccccc1F)C(=O)NCC1CCCNC1. The number of hydrogen-bond acceptors (Lipinski definition) is 3. The molecule has 2 unspecified atom stereocenters. The first-order valence-corrected chi connectivity index (χ1v) is 8.53. The number of rotatable bonds is 6. The van der Waals surface area contributed by atoms with Crippen LogP contribution in [-0.2, 0) is 4.79 Å². The van der Waals surface area contributed by atoms with Gasteiger partial charge in [-0.3, -0.25) is 9.59 Å². The van der Waals surface area contributed by atoms with Crippen LogP contribution in [0.4, 0.5) is 4.39 Å². The summed E-state index contributed by atoms with van der Waals surface area (Å²) in [5.74, 6) is -1.06. The van der Waals surface area contributed by atoms with Gasteiger partial charge in [0.15, 0.2) is 0 Å². The first-order chi connectivity index (χ1) is 11.5. The molecule has 0 bridgehead atoms. The van der Waals surface area contributed by atoms with Crippen LogP contribution in [0.3, 0.4) is 0 Å². The van der Waals surface area contributed by atoms with E-state index in [9.17, 15) is 14.0 Å². The van der Waals surface area contributed by atoms with Crippen LogP contribution in [0.5, 0.6) is 0 Å². The minimum Gasteiger partial charge on any atom is -0.354 e. The van der Waals surface area contributed by atoms with Crippen LogP contribution in [0.15, 0.2) is 24.3 Å². The van der Waals surface area contributed by atoms with Crippen molar-refractivity contribution in [1.82, 2.24) is 16.0 Å². The second kappa shape index (κ2) is 8.78. The standard InChI is InChI=1S/C18H26FN3O2/c1-12(2)16(18(24)21-11-13-6-5-9-20-10-13)22-17(23)14-7-3-4-8-15(14)19/h3-4,7-8,12-13,16,20H,5-6,9-11H2,1-2H3,(H,21,24)(H,22,23). The van der Waals surface area contributed by atoms with Gasteiger partial charge in [0, 0.05) is 6.54 Å². The maximum atomic E-state index is 13.7. The first kappa shape index (κ1) is 18.4. The lowest BCUT2D eigenvalue weighted by Gasteiger charge is -2.26. The van der Waals surface area contributed by atoms with Crippen molar-refractivity contribution in [2.24, 2.45) is 11.8 Å². The molecule has 6 heteroatoms. The zero-order valence-corrected chi connectivity index (χ0v) is 14.3. The molecule has 0 aromatic heterocycles. The van der Waals surface area contributed by atoms with E-state index >= 15 is 0 Å². The highest BCUT2D eigenvalue weighted by Gasteiger charge is 2.26. The highest BCUT2D eigenvalue weighted by atomic mass is 19.1. The summed E-state index contributed by atoms with van der Waals surface area (Å²) in [6, 6.07) is 5.08. The van der Waals surface area contributed by atoms with E-state index in [0.717, 1.165) is 25.9 Å². The van der Waals surface area contributed by atoms with Crippen LogP contribution in [0.25, 0.3) is 0 Å². The van der Waals surface area contributed by atoms with Crippen LogP contribution in [0.1, 0.15) is 37.0 Å². The van der Waals surface area contributed by atoms with Crippen LogP contribution in [0.2, 0.25) is 0 Å². The average Bonchev–Trinajstić information content (AvgIpc) is 2.58. The van der Waals surface area contributed by atoms with Gasteiger partial charge in [0.05, 0.1) is 5.56 Å². The van der Waals surface area contributed by atoms with E-state index < -0.39 is 17.8 Å². The Hall–Kier alpha value is -1.95. The van der Waals surface area contributed by atoms with Gasteiger partial charge >= 0.3 is 0 Å². The molecule has 3 N–H and O–H groups in total. The Morgan fingerprint density at radius 3 is 2.71 bits per heavy atom. The first-order valence-electron chi connectivity index (χ1n) is 8.53. The average molecular weight is 335 g/mol. The van der Waals surface area contributed by atoms with Crippen molar-refractivity contribution in [3.8, 4) is 0 Å². The highest BCUT2D eigenvalue weighted by molar-refractivity contribution is 5.97. The molecule has 1 aromatic rings. The summed E-state index contributed by atoms with van der Waals surface area (Å²) in [5, 5.41) is 8.88. The second-order valence-electron chi connectivity index (χ2n) is 6.63. The van der Waals surface area contributed by atoms with Crippen molar-refractivity contribution < 1.29 is 14.0 Å². The van der Waals surface area contributed by atoms with Crippen LogP contribution in [-0.4, -0.2) is 37.5 Å². The van der Waals surface area contributed by atoms with E-state index in [0.29, 0.717) is 12.5 Å². The fourth-order valence-corrected chi connectivity index (χ4v) is 2.85. The molecule has 2 amide bonds. The van der Waals surface area contributed by atoms with Gasteiger partial charge < -0.3 is 16.0 Å². The largest absolute Gasteiger partial charge is 0.354 e. The molecular formula is C18H26FN3O2. The van der Waals surface area contributed by atoms with Crippen LogP contribution in [0, 0.1) is 17.7 Å². The molecule has 5 nitrogen and oxygen atoms in total. The number of halogens is 1. The summed E-state index contributed by atoms with van der Waals surface area (Å²) in [6.07, 6.45) is 2.19. The molecule has 0 saturated carbocycles. The Balaban J connectivity index is 1.94. The monoisotopic (exact) mass is 335 g/mol. The van der Waals surface area contributed by atoms with Crippen LogP contribution < -0.4 is 16.0 Å². The fraction of sp³-hybridized carbons (Fsp3) is 0.556. The third-order valence-electron chi connectivity index (χ3n) is 4.32. The minimum absolute atomic E-state index is 0.0487. The lowest BCUT2D eigenvalue weighted by Crippen LogP contribution is -2.51. The molecule has 1 aromatic carbocycles. The molecule has 1 fully saturated rings. The Labute approximate surface area is 142 Å². The topological polar surface area (TPSA) is 70.2 Å². The third kappa shape index (κ3) is 5.03. The molecular weight excluding hydrogens is 309 g/mol. The number of carbonyl (C=O) groups excluding carboxylic acids is 2. The molecule has 1 aliphatic rings. The summed E-state index contributed by atoms with van der Waals surface area (Å²) in [6.45, 7) is 6.22. The van der Waals surface area contributed by atoms with E-state index in [2.05, 4.69) is 16.0 Å². The summed E-state index contributed by atoms with van der Waals surface area (Å²) in [7, 11) is 0. The van der Waals surface area contributed by atoms with Crippen molar-refractivity contribution in [3.05, 3.63) is 35.6 Å². The summed E-state index contributed by atoms with van der Waals surface area (Å²) >= 11 is 0. The van der Waals surface area contributed by atoms with Gasteiger partial charge in [-0.15, -0.1) is 0 Å². The lowest BCUT2D eigenvalue weighted by molar-refractivity contribution is -0.124. The number of piperidine rings is 1. The smallest absolute Gasteiger partial charge is 0.254 e. The number of nitrogens with one attached hydrogen (secondary N) is 3. The summed E-state index contributed by atoms with van der Waals surface area (Å²) in [4.78, 5) is 24.7. The van der Waals surface area contributed by atoms with Gasteiger partial charge in [0.25, 0.3) is 5.91 Å². The molecule has 2 atom stereocenters. The zero-order chi connectivity index (χ0) is 17.5. The zero-order valence-electron chi connectivity index (χ0n) is 14.3. The Bertz CT molecular complexity index is 571. The van der Waals surface area contributed by atoms with Crippen molar-refractivity contribution in [2.45, 2.75) is 32.7 Å². The molecule has 24 heavy (non-hydrogen) atoms. The van der Waals surface area contributed by atoms with Gasteiger partial charge in [-0.25, -0.2) is 4.39 Å². The van der Waals surface area contributed by atoms with Crippen molar-refractivity contribution >= 4 is 11.8 Å². The highest BCUT2D eigenvalue weighted by Crippen LogP contribution is 2.11. The van der Waals surface area contributed by atoms with Gasteiger partial charge in [-0.1, -0.05) is 26.0 Å². The van der Waals surface area contributed by atoms with Crippen LogP contribution >= 0.6 is 0 Å². The van der Waals surface area contributed by atoms with E-state index in [4.69, 9.17) is 0 Å². The number of carbonyl (C=O) groups is 2. The van der Waals surface area contributed by atoms with E-state index in [1.54, 1.807) is 6.07 Å². The normalized spacial score (nSPS) is 18.9. The van der Waals surface area contributed by atoms with Gasteiger partial charge in [0.2, 0.25) is 5.91 Å². The predicted molar refractivity (Wildman–Crippen MR) is 91.1 cm³/mol. The fourth-order valence-electron chi connectivity index (χ4n) is 2.85. The summed E-state index contributed by atoms with van der Waals surface area (Å²) < 4.78 is 13.7. The number of amides is 2. The Morgan fingerprint density at radius 2 is 2.08 bits per heavy atom. The molecule has 1 heterocycles. The Kier molecular flexibility index (Phi) is 6.73. The molecule has 2 rings (SSSR count). The maximum absolute atomic E-state index is 13.7. The molecule has 132 valence electrons. The molecule has 0 spiro atoms. The second-order valence-corrected chi connectivity index (χ2v) is 6.63. The van der Waals surface area contributed by atoms with Gasteiger partial charge in [0.1, 0.15) is 11.9 Å². The van der Waals surface area contributed by atoms with Crippen molar-refractivity contribution in [2.75, 3.05) is 19.6 Å². The van der Waals surface area contributed by atoms with Crippen molar-refractivity contribution in [1.29, 1.82) is 0 Å². The lowest BCUT2D eigenvalue weighted by atomic mass is 9.98. The van der Waals surface area contributed by atoms with Gasteiger partial charge in [-0.05, 0) is 49.9 Å². The molecule has 0 aliphatic carbocycles. The Morgan fingerprint density at radius 1 is 1.33 bits per heavy atom. The molecule has 1 aliphatic heterocycles. The summed E-state index contributed by atoms with van der Waals surface area (Å²) in [5.41, 5.74) is -0.0487. The van der Waals surface area contributed by atoms with E-state index in [1.165, 1.54) is 18.2 Å². The number of benzene rings is 1. The van der Waals surface area contributed by atoms with E-state index in [-0.39, 0.29) is 17.4 Å². The number of hydrogen-bond donors (Lipinski definition) is 3. The minimum atomic E-state index is -0.686. The predicted octanol–water partition coefficient (Wildman–Crippen LogP) is 1.70. The third-order valence-corrected chi connectivity index (χ3v) is 4.32. The van der Waals surface area contributed by atoms with Crippen molar-refractivity contribution in [3.63, 3.8) is 0 Å². The maximum Gasteiger partial charge on any atom is 0.254 e. The molecule has 1 saturated heterocycles. The molecule has 0 radical (unpaired) electrons. The van der Waals surface area contributed by atoms with E-state index in [1.807, 2.05) is 13.8 Å². The van der Waals surface area contributed by atoms with Gasteiger partial charge in [-0.2, -0.15) is 0 Å². The quantitative estimate of drug-likeness (QED) is 0.741.